The second-order valence-electron chi connectivity index (χ2n) is 9.20. The molecule has 1 aromatic heterocycles. The highest BCUT2D eigenvalue weighted by Gasteiger charge is 2.28. The van der Waals surface area contributed by atoms with E-state index in [1.807, 2.05) is 47.4 Å². The smallest absolute Gasteiger partial charge is 0.259 e. The van der Waals surface area contributed by atoms with Gasteiger partial charge in [0, 0.05) is 67.6 Å². The number of amides is 1. The molecular formula is C27H30ClN3O4. The highest BCUT2D eigenvalue weighted by atomic mass is 35.5. The minimum absolute atomic E-state index is 0.00896. The van der Waals surface area contributed by atoms with Crippen molar-refractivity contribution in [3.63, 3.8) is 0 Å². The monoisotopic (exact) mass is 495 g/mol. The van der Waals surface area contributed by atoms with Crippen LogP contribution < -0.4 is 5.43 Å². The number of hydrogen-bond donors (Lipinski definition) is 1. The SMILES string of the molecule is O=C(c1c[nH]c2ccc(CN3CCOCC3)cc2c1=O)N(Cc1ccc(Cl)cc1)C1CCOCC1. The molecular weight excluding hydrogens is 466 g/mol. The minimum atomic E-state index is -0.256. The molecule has 184 valence electrons. The first-order valence-corrected chi connectivity index (χ1v) is 12.5. The van der Waals surface area contributed by atoms with Gasteiger partial charge in [0.25, 0.3) is 5.91 Å². The normalized spacial score (nSPS) is 17.5. The third-order valence-electron chi connectivity index (χ3n) is 6.84. The Kier molecular flexibility index (Phi) is 7.48. The van der Waals surface area contributed by atoms with E-state index in [2.05, 4.69) is 9.88 Å². The zero-order valence-corrected chi connectivity index (χ0v) is 20.4. The van der Waals surface area contributed by atoms with Gasteiger partial charge >= 0.3 is 0 Å². The molecule has 0 radical (unpaired) electrons. The lowest BCUT2D eigenvalue weighted by molar-refractivity contribution is 0.0266. The van der Waals surface area contributed by atoms with E-state index in [-0.39, 0.29) is 22.9 Å². The molecule has 2 aliphatic rings. The molecule has 2 aliphatic heterocycles. The van der Waals surface area contributed by atoms with Crippen LogP contribution in [0.1, 0.15) is 34.3 Å². The highest BCUT2D eigenvalue weighted by Crippen LogP contribution is 2.22. The maximum Gasteiger partial charge on any atom is 0.259 e. The standard InChI is InChI=1S/C27H30ClN3O4/c28-21-4-1-19(2-5-21)18-31(22-7-11-34-12-8-22)27(33)24-16-29-25-6-3-20(15-23(25)26(24)32)17-30-9-13-35-14-10-30/h1-6,15-16,22H,7-14,17-18H2,(H,29,32). The van der Waals surface area contributed by atoms with E-state index < -0.39 is 0 Å². The molecule has 3 aromatic rings. The first kappa shape index (κ1) is 24.0. The van der Waals surface area contributed by atoms with Gasteiger partial charge in [0.05, 0.1) is 13.2 Å². The average molecular weight is 496 g/mol. The molecule has 2 aromatic carbocycles. The van der Waals surface area contributed by atoms with Gasteiger partial charge in [0.15, 0.2) is 0 Å². The van der Waals surface area contributed by atoms with Crippen molar-refractivity contribution < 1.29 is 14.3 Å². The van der Waals surface area contributed by atoms with Crippen molar-refractivity contribution in [2.24, 2.45) is 0 Å². The van der Waals surface area contributed by atoms with Crippen LogP contribution in [0.3, 0.4) is 0 Å². The van der Waals surface area contributed by atoms with Crippen molar-refractivity contribution in [2.75, 3.05) is 39.5 Å². The summed E-state index contributed by atoms with van der Waals surface area (Å²) in [5, 5.41) is 1.19. The van der Waals surface area contributed by atoms with Gasteiger partial charge in [-0.1, -0.05) is 29.8 Å². The average Bonchev–Trinajstić information content (AvgIpc) is 2.90. The van der Waals surface area contributed by atoms with Crippen LogP contribution in [0.5, 0.6) is 0 Å². The number of H-pyrrole nitrogens is 1. The van der Waals surface area contributed by atoms with E-state index in [0.717, 1.165) is 62.3 Å². The molecule has 8 heteroatoms. The lowest BCUT2D eigenvalue weighted by Gasteiger charge is -2.34. The third kappa shape index (κ3) is 5.59. The number of ether oxygens (including phenoxy) is 2. The van der Waals surface area contributed by atoms with Gasteiger partial charge in [-0.3, -0.25) is 14.5 Å². The van der Waals surface area contributed by atoms with Crippen molar-refractivity contribution in [1.29, 1.82) is 0 Å². The molecule has 0 atom stereocenters. The van der Waals surface area contributed by atoms with E-state index in [1.165, 1.54) is 0 Å². The summed E-state index contributed by atoms with van der Waals surface area (Å²) in [7, 11) is 0. The number of carbonyl (C=O) groups is 1. The van der Waals surface area contributed by atoms with E-state index in [0.29, 0.717) is 30.2 Å². The fourth-order valence-electron chi connectivity index (χ4n) is 4.85. The van der Waals surface area contributed by atoms with E-state index in [9.17, 15) is 9.59 Å². The van der Waals surface area contributed by atoms with E-state index in [1.54, 1.807) is 6.20 Å². The topological polar surface area (TPSA) is 74.9 Å². The Morgan fingerprint density at radius 3 is 2.43 bits per heavy atom. The molecule has 2 fully saturated rings. The van der Waals surface area contributed by atoms with Crippen LogP contribution in [0.2, 0.25) is 5.02 Å². The summed E-state index contributed by atoms with van der Waals surface area (Å²) >= 11 is 6.05. The predicted molar refractivity (Wildman–Crippen MR) is 136 cm³/mol. The van der Waals surface area contributed by atoms with Crippen molar-refractivity contribution in [3.05, 3.63) is 80.6 Å². The number of halogens is 1. The first-order chi connectivity index (χ1) is 17.1. The van der Waals surface area contributed by atoms with Crippen molar-refractivity contribution in [3.8, 4) is 0 Å². The summed E-state index contributed by atoms with van der Waals surface area (Å²) in [6.07, 6.45) is 3.05. The second kappa shape index (κ2) is 10.9. The van der Waals surface area contributed by atoms with Gasteiger partial charge in [-0.25, -0.2) is 0 Å². The van der Waals surface area contributed by atoms with Crippen LogP contribution >= 0.6 is 11.6 Å². The Morgan fingerprint density at radius 1 is 1.00 bits per heavy atom. The number of morpholine rings is 1. The molecule has 2 saturated heterocycles. The maximum absolute atomic E-state index is 13.8. The lowest BCUT2D eigenvalue weighted by Crippen LogP contribution is -2.44. The highest BCUT2D eigenvalue weighted by molar-refractivity contribution is 6.30. The zero-order chi connectivity index (χ0) is 24.2. The summed E-state index contributed by atoms with van der Waals surface area (Å²) in [5.41, 5.74) is 2.69. The Bertz CT molecular complexity index is 1230. The number of hydrogen-bond acceptors (Lipinski definition) is 5. The third-order valence-corrected chi connectivity index (χ3v) is 7.10. The van der Waals surface area contributed by atoms with Gasteiger partial charge in [0.1, 0.15) is 5.56 Å². The summed E-state index contributed by atoms with van der Waals surface area (Å²) in [6, 6.07) is 13.4. The lowest BCUT2D eigenvalue weighted by atomic mass is 10.0. The van der Waals surface area contributed by atoms with Crippen molar-refractivity contribution in [2.45, 2.75) is 32.0 Å². The number of nitrogens with one attached hydrogen (secondary N) is 1. The fourth-order valence-corrected chi connectivity index (χ4v) is 4.97. The van der Waals surface area contributed by atoms with Gasteiger partial charge in [-0.15, -0.1) is 0 Å². The van der Waals surface area contributed by atoms with Gasteiger partial charge in [0.2, 0.25) is 5.43 Å². The van der Waals surface area contributed by atoms with Crippen molar-refractivity contribution >= 4 is 28.4 Å². The first-order valence-electron chi connectivity index (χ1n) is 12.2. The predicted octanol–water partition coefficient (Wildman–Crippen LogP) is 3.84. The molecule has 0 spiro atoms. The molecule has 1 amide bonds. The molecule has 0 unspecified atom stereocenters. The molecule has 0 saturated carbocycles. The summed E-state index contributed by atoms with van der Waals surface area (Å²) in [4.78, 5) is 34.7. The minimum Gasteiger partial charge on any atom is -0.381 e. The molecule has 1 N–H and O–H groups in total. The number of aromatic nitrogens is 1. The number of carbonyl (C=O) groups excluding carboxylic acids is 1. The Morgan fingerprint density at radius 2 is 1.69 bits per heavy atom. The molecule has 0 bridgehead atoms. The van der Waals surface area contributed by atoms with Crippen LogP contribution in [0, 0.1) is 0 Å². The Hall–Kier alpha value is -2.71. The molecule has 3 heterocycles. The fraction of sp³-hybridized carbons (Fsp3) is 0.407. The number of aromatic amines is 1. The molecule has 7 nitrogen and oxygen atoms in total. The number of rotatable bonds is 6. The number of pyridine rings is 1. The van der Waals surface area contributed by atoms with Crippen LogP contribution in [-0.2, 0) is 22.6 Å². The van der Waals surface area contributed by atoms with Gasteiger partial charge < -0.3 is 19.4 Å². The quantitative estimate of drug-likeness (QED) is 0.562. The maximum atomic E-state index is 13.8. The van der Waals surface area contributed by atoms with Crippen LogP contribution in [-0.4, -0.2) is 66.2 Å². The van der Waals surface area contributed by atoms with Crippen LogP contribution in [0.15, 0.2) is 53.5 Å². The second-order valence-corrected chi connectivity index (χ2v) is 9.64. The number of nitrogens with zero attached hydrogens (tertiary/aromatic N) is 2. The number of benzene rings is 2. The Labute approximate surface area is 209 Å². The van der Waals surface area contributed by atoms with Crippen LogP contribution in [0.25, 0.3) is 10.9 Å². The Balaban J connectivity index is 1.45. The van der Waals surface area contributed by atoms with Crippen molar-refractivity contribution in [1.82, 2.24) is 14.8 Å². The summed E-state index contributed by atoms with van der Waals surface area (Å²) < 4.78 is 11.0. The molecule has 0 aliphatic carbocycles. The number of fused-ring (bicyclic) bond motifs is 1. The molecule has 35 heavy (non-hydrogen) atoms. The van der Waals surface area contributed by atoms with E-state index in [4.69, 9.17) is 21.1 Å². The van der Waals surface area contributed by atoms with Gasteiger partial charge in [-0.2, -0.15) is 0 Å². The van der Waals surface area contributed by atoms with Crippen LogP contribution in [0.4, 0.5) is 0 Å². The van der Waals surface area contributed by atoms with Gasteiger partial charge in [-0.05, 0) is 48.2 Å². The largest absolute Gasteiger partial charge is 0.381 e. The summed E-state index contributed by atoms with van der Waals surface area (Å²) in [6.45, 7) is 5.57. The summed E-state index contributed by atoms with van der Waals surface area (Å²) in [5.74, 6) is -0.256. The molecule has 5 rings (SSSR count). The zero-order valence-electron chi connectivity index (χ0n) is 19.7. The van der Waals surface area contributed by atoms with E-state index >= 15 is 0 Å².